The summed E-state index contributed by atoms with van der Waals surface area (Å²) in [5.41, 5.74) is -0.508. The third-order valence-corrected chi connectivity index (χ3v) is 5.50. The normalized spacial score (nSPS) is 14.4. The zero-order valence-corrected chi connectivity index (χ0v) is 16.9. The van der Waals surface area contributed by atoms with E-state index in [9.17, 15) is 22.8 Å². The fourth-order valence-corrected chi connectivity index (χ4v) is 3.61. The van der Waals surface area contributed by atoms with Crippen LogP contribution in [-0.4, -0.2) is 34.1 Å². The van der Waals surface area contributed by atoms with Crippen LogP contribution in [0.2, 0.25) is 0 Å². The molecule has 3 aromatic heterocycles. The van der Waals surface area contributed by atoms with Crippen LogP contribution in [0, 0.1) is 5.92 Å². The summed E-state index contributed by atoms with van der Waals surface area (Å²) in [5.74, 6) is 0.586. The first-order valence-corrected chi connectivity index (χ1v) is 9.97. The highest BCUT2D eigenvalue weighted by molar-refractivity contribution is 5.74. The van der Waals surface area contributed by atoms with Crippen LogP contribution in [0.15, 0.2) is 40.1 Å². The molecule has 1 aliphatic rings. The van der Waals surface area contributed by atoms with Crippen molar-refractivity contribution in [3.63, 3.8) is 0 Å². The van der Waals surface area contributed by atoms with Gasteiger partial charge in [-0.1, -0.05) is 17.3 Å². The number of nitrogens with zero attached hydrogens (tertiary/aromatic N) is 6. The molecule has 0 radical (unpaired) electrons. The van der Waals surface area contributed by atoms with Gasteiger partial charge in [-0.25, -0.2) is 14.5 Å². The van der Waals surface area contributed by atoms with Gasteiger partial charge in [0.25, 0.3) is 5.56 Å². The van der Waals surface area contributed by atoms with Gasteiger partial charge >= 0.3 is 11.9 Å². The first-order valence-electron chi connectivity index (χ1n) is 9.97. The van der Waals surface area contributed by atoms with E-state index in [1.54, 1.807) is 13.1 Å². The summed E-state index contributed by atoms with van der Waals surface area (Å²) in [5, 5.41) is 7.96. The third kappa shape index (κ3) is 3.61. The molecular weight excluding hydrogens is 427 g/mol. The zero-order chi connectivity index (χ0) is 22.6. The molecule has 1 saturated carbocycles. The molecule has 1 aromatic carbocycles. The van der Waals surface area contributed by atoms with E-state index < -0.39 is 23.0 Å². The Morgan fingerprint density at radius 1 is 1.22 bits per heavy atom. The number of hydrogen-bond donors (Lipinski definition) is 1. The predicted octanol–water partition coefficient (Wildman–Crippen LogP) is 2.16. The highest BCUT2D eigenvalue weighted by Crippen LogP contribution is 2.30. The summed E-state index contributed by atoms with van der Waals surface area (Å²) in [6, 6.07) is 4.96. The van der Waals surface area contributed by atoms with Crippen LogP contribution in [0.25, 0.3) is 22.7 Å². The number of alkyl halides is 3. The van der Waals surface area contributed by atoms with Gasteiger partial charge in [0.2, 0.25) is 0 Å². The number of aromatic amines is 1. The standard InChI is InChI=1S/C20H18F3N7O2/c1-28-17-15(18(31)30(19(28)32)9-11-5-6-11)24-16(25-17)14-10-29(27-26-14)8-12-3-2-4-13(7-12)20(21,22)23/h2-4,7,10-11H,5-6,8-9H2,1H3,(H,24,25). The maximum absolute atomic E-state index is 12.9. The topological polar surface area (TPSA) is 103 Å². The Morgan fingerprint density at radius 2 is 2.00 bits per heavy atom. The highest BCUT2D eigenvalue weighted by Gasteiger charge is 2.30. The molecule has 0 aliphatic heterocycles. The third-order valence-electron chi connectivity index (χ3n) is 5.50. The van der Waals surface area contributed by atoms with Crippen molar-refractivity contribution in [1.29, 1.82) is 0 Å². The molecule has 0 unspecified atom stereocenters. The van der Waals surface area contributed by atoms with Gasteiger partial charge in [0.15, 0.2) is 11.5 Å². The molecule has 3 heterocycles. The average Bonchev–Trinajstić information content (AvgIpc) is 3.26. The molecule has 9 nitrogen and oxygen atoms in total. The minimum atomic E-state index is -4.43. The summed E-state index contributed by atoms with van der Waals surface area (Å²) in [7, 11) is 1.54. The fraction of sp³-hybridized carbons (Fsp3) is 0.350. The predicted molar refractivity (Wildman–Crippen MR) is 108 cm³/mol. The number of halogens is 3. The molecule has 1 N–H and O–H groups in total. The molecule has 0 atom stereocenters. The maximum atomic E-state index is 12.9. The van der Waals surface area contributed by atoms with Crippen molar-refractivity contribution in [3.05, 3.63) is 62.4 Å². The summed E-state index contributed by atoms with van der Waals surface area (Å²) in [4.78, 5) is 32.6. The van der Waals surface area contributed by atoms with Crippen molar-refractivity contribution < 1.29 is 13.2 Å². The first kappa shape index (κ1) is 20.2. The number of aryl methyl sites for hydroxylation is 1. The number of rotatable bonds is 5. The molecule has 1 fully saturated rings. The Hall–Kier alpha value is -3.70. The lowest BCUT2D eigenvalue weighted by Crippen LogP contribution is -2.39. The van der Waals surface area contributed by atoms with Crippen molar-refractivity contribution in [2.75, 3.05) is 0 Å². The Balaban J connectivity index is 1.47. The van der Waals surface area contributed by atoms with Crippen molar-refractivity contribution >= 4 is 11.2 Å². The molecule has 0 amide bonds. The van der Waals surface area contributed by atoms with E-state index in [4.69, 9.17) is 0 Å². The Labute approximate surface area is 178 Å². The summed E-state index contributed by atoms with van der Waals surface area (Å²) < 4.78 is 42.7. The van der Waals surface area contributed by atoms with Crippen molar-refractivity contribution in [1.82, 2.24) is 34.1 Å². The number of fused-ring (bicyclic) bond motifs is 1. The van der Waals surface area contributed by atoms with Crippen LogP contribution in [0.1, 0.15) is 24.0 Å². The van der Waals surface area contributed by atoms with E-state index in [2.05, 4.69) is 20.3 Å². The van der Waals surface area contributed by atoms with E-state index in [-0.39, 0.29) is 23.5 Å². The van der Waals surface area contributed by atoms with Crippen molar-refractivity contribution in [2.45, 2.75) is 32.1 Å². The van der Waals surface area contributed by atoms with Crippen LogP contribution in [0.3, 0.4) is 0 Å². The minimum Gasteiger partial charge on any atom is -0.331 e. The van der Waals surface area contributed by atoms with Crippen LogP contribution >= 0.6 is 0 Å². The smallest absolute Gasteiger partial charge is 0.331 e. The second kappa shape index (κ2) is 7.18. The van der Waals surface area contributed by atoms with Gasteiger partial charge in [0.1, 0.15) is 11.2 Å². The van der Waals surface area contributed by atoms with Gasteiger partial charge in [-0.15, -0.1) is 5.10 Å². The Kier molecular flexibility index (Phi) is 4.53. The molecule has 0 saturated heterocycles. The first-order chi connectivity index (χ1) is 15.2. The molecule has 0 bridgehead atoms. The number of nitrogens with one attached hydrogen (secondary N) is 1. The van der Waals surface area contributed by atoms with Gasteiger partial charge in [-0.3, -0.25) is 13.9 Å². The minimum absolute atomic E-state index is 0.0732. The van der Waals surface area contributed by atoms with Crippen LogP contribution < -0.4 is 11.2 Å². The van der Waals surface area contributed by atoms with Crippen LogP contribution in [0.4, 0.5) is 13.2 Å². The quantitative estimate of drug-likeness (QED) is 0.507. The number of aromatic nitrogens is 7. The second-order valence-electron chi connectivity index (χ2n) is 7.98. The van der Waals surface area contributed by atoms with Crippen LogP contribution in [-0.2, 0) is 26.3 Å². The number of hydrogen-bond acceptors (Lipinski definition) is 5. The van der Waals surface area contributed by atoms with Gasteiger partial charge in [-0.2, -0.15) is 13.2 Å². The number of benzene rings is 1. The van der Waals surface area contributed by atoms with Crippen molar-refractivity contribution in [3.8, 4) is 11.5 Å². The zero-order valence-electron chi connectivity index (χ0n) is 16.9. The number of imidazole rings is 1. The van der Waals surface area contributed by atoms with Crippen molar-refractivity contribution in [2.24, 2.45) is 13.0 Å². The van der Waals surface area contributed by atoms with E-state index in [0.717, 1.165) is 25.0 Å². The molecule has 1 aliphatic carbocycles. The Morgan fingerprint density at radius 3 is 2.72 bits per heavy atom. The number of H-pyrrole nitrogens is 1. The molecule has 12 heteroatoms. The van der Waals surface area contributed by atoms with E-state index in [0.29, 0.717) is 23.7 Å². The molecule has 4 aromatic rings. The average molecular weight is 445 g/mol. The Bertz CT molecular complexity index is 1440. The monoisotopic (exact) mass is 445 g/mol. The lowest BCUT2D eigenvalue weighted by molar-refractivity contribution is -0.137. The summed E-state index contributed by atoms with van der Waals surface area (Å²) >= 11 is 0. The van der Waals surface area contributed by atoms with E-state index >= 15 is 0 Å². The SMILES string of the molecule is Cn1c(=O)n(CC2CC2)c(=O)c2[nH]c(-c3cn(Cc4cccc(C(F)(F)F)c4)nn3)nc21. The fourth-order valence-electron chi connectivity index (χ4n) is 3.61. The molecule has 5 rings (SSSR count). The summed E-state index contributed by atoms with van der Waals surface area (Å²) in [6.07, 6.45) is -0.924. The van der Waals surface area contributed by atoms with Gasteiger partial charge in [0, 0.05) is 13.6 Å². The molecular formula is C20H18F3N7O2. The maximum Gasteiger partial charge on any atom is 0.416 e. The second-order valence-corrected chi connectivity index (χ2v) is 7.98. The van der Waals surface area contributed by atoms with Gasteiger partial charge < -0.3 is 4.98 Å². The molecule has 166 valence electrons. The van der Waals surface area contributed by atoms with Gasteiger partial charge in [-0.05, 0) is 36.5 Å². The van der Waals surface area contributed by atoms with E-state index in [1.807, 2.05) is 0 Å². The van der Waals surface area contributed by atoms with Gasteiger partial charge in [0.05, 0.1) is 18.3 Å². The lowest BCUT2D eigenvalue weighted by atomic mass is 10.1. The lowest BCUT2D eigenvalue weighted by Gasteiger charge is -2.08. The van der Waals surface area contributed by atoms with E-state index in [1.165, 1.54) is 26.1 Å². The highest BCUT2D eigenvalue weighted by atomic mass is 19.4. The summed E-state index contributed by atoms with van der Waals surface area (Å²) in [6.45, 7) is 0.451. The van der Waals surface area contributed by atoms with Crippen LogP contribution in [0.5, 0.6) is 0 Å². The molecule has 32 heavy (non-hydrogen) atoms. The molecule has 0 spiro atoms. The largest absolute Gasteiger partial charge is 0.416 e.